The van der Waals surface area contributed by atoms with Crippen LogP contribution in [0, 0.1) is 0 Å². The molecule has 0 aliphatic heterocycles. The number of aromatic amines is 1. The van der Waals surface area contributed by atoms with Crippen molar-refractivity contribution in [3.63, 3.8) is 0 Å². The van der Waals surface area contributed by atoms with E-state index in [0.717, 1.165) is 17.7 Å². The summed E-state index contributed by atoms with van der Waals surface area (Å²) in [6.07, 6.45) is 1.31. The number of aromatic hydroxyl groups is 1. The first-order valence-corrected chi connectivity index (χ1v) is 6.63. The van der Waals surface area contributed by atoms with Crippen molar-refractivity contribution >= 4 is 5.69 Å². The van der Waals surface area contributed by atoms with E-state index < -0.39 is 0 Å². The Labute approximate surface area is 117 Å². The fraction of sp³-hybridized carbons (Fsp3) is 0.333. The molecule has 2 rings (SSSR count). The predicted molar refractivity (Wildman–Crippen MR) is 80.3 cm³/mol. The molecular formula is C15H19N3O2. The number of rotatable bonds is 4. The topological polar surface area (TPSA) is 69.2 Å². The zero-order chi connectivity index (χ0) is 14.7. The molecule has 0 bridgehead atoms. The molecule has 2 aromatic rings. The first-order valence-electron chi connectivity index (χ1n) is 6.63. The minimum Gasteiger partial charge on any atom is -0.493 e. The summed E-state index contributed by atoms with van der Waals surface area (Å²) in [5.41, 5.74) is 1.90. The highest BCUT2D eigenvalue weighted by atomic mass is 16.3. The van der Waals surface area contributed by atoms with Crippen LogP contribution in [0.2, 0.25) is 0 Å². The van der Waals surface area contributed by atoms with Crippen LogP contribution in [0.5, 0.6) is 5.88 Å². The smallest absolute Gasteiger partial charge is 0.258 e. The van der Waals surface area contributed by atoms with E-state index >= 15 is 0 Å². The molecule has 1 aromatic heterocycles. The molecular weight excluding hydrogens is 254 g/mol. The van der Waals surface area contributed by atoms with Gasteiger partial charge < -0.3 is 15.0 Å². The highest BCUT2D eigenvalue weighted by Gasteiger charge is 2.11. The maximum atomic E-state index is 11.9. The zero-order valence-electron chi connectivity index (χ0n) is 12.0. The Bertz CT molecular complexity index is 645. The average molecular weight is 273 g/mol. The normalized spacial score (nSPS) is 10.6. The van der Waals surface area contributed by atoms with E-state index in [-0.39, 0.29) is 11.4 Å². The Morgan fingerprint density at radius 2 is 1.90 bits per heavy atom. The largest absolute Gasteiger partial charge is 0.493 e. The van der Waals surface area contributed by atoms with Gasteiger partial charge in [0.1, 0.15) is 5.82 Å². The molecule has 0 saturated carbocycles. The van der Waals surface area contributed by atoms with E-state index in [1.165, 1.54) is 0 Å². The van der Waals surface area contributed by atoms with Crippen LogP contribution < -0.4 is 10.5 Å². The number of anilines is 1. The van der Waals surface area contributed by atoms with Gasteiger partial charge in [-0.3, -0.25) is 4.79 Å². The van der Waals surface area contributed by atoms with E-state index in [1.807, 2.05) is 50.2 Å². The first-order chi connectivity index (χ1) is 9.52. The van der Waals surface area contributed by atoms with Crippen molar-refractivity contribution in [3.8, 4) is 17.3 Å². The molecule has 1 heterocycles. The molecule has 1 aromatic carbocycles. The Balaban J connectivity index is 2.41. The molecule has 0 unspecified atom stereocenters. The number of aromatic nitrogens is 2. The quantitative estimate of drug-likeness (QED) is 0.895. The lowest BCUT2D eigenvalue weighted by atomic mass is 10.1. The van der Waals surface area contributed by atoms with Crippen LogP contribution in [-0.2, 0) is 6.42 Å². The first kappa shape index (κ1) is 14.1. The van der Waals surface area contributed by atoms with E-state index in [2.05, 4.69) is 9.97 Å². The van der Waals surface area contributed by atoms with Crippen LogP contribution >= 0.6 is 0 Å². The van der Waals surface area contributed by atoms with Crippen molar-refractivity contribution in [2.45, 2.75) is 19.8 Å². The van der Waals surface area contributed by atoms with Crippen LogP contribution in [-0.4, -0.2) is 29.2 Å². The minimum atomic E-state index is -0.272. The number of nitrogens with zero attached hydrogens (tertiary/aromatic N) is 2. The number of nitrogens with one attached hydrogen (secondary N) is 1. The highest BCUT2D eigenvalue weighted by molar-refractivity contribution is 5.60. The van der Waals surface area contributed by atoms with Gasteiger partial charge in [-0.25, -0.2) is 0 Å². The molecule has 5 heteroatoms. The Kier molecular flexibility index (Phi) is 4.08. The average Bonchev–Trinajstić information content (AvgIpc) is 2.42. The summed E-state index contributed by atoms with van der Waals surface area (Å²) in [5.74, 6) is 0.208. The van der Waals surface area contributed by atoms with Gasteiger partial charge >= 0.3 is 0 Å². The van der Waals surface area contributed by atoms with Gasteiger partial charge in [-0.05, 0) is 30.7 Å². The lowest BCUT2D eigenvalue weighted by Crippen LogP contribution is -2.15. The molecule has 0 aliphatic rings. The summed E-state index contributed by atoms with van der Waals surface area (Å²) in [5, 5.41) is 9.87. The standard InChI is InChI=1S/C15H19N3O2/c1-4-5-12-14(19)16-13(17-15(12)20)10-6-8-11(9-7-10)18(2)3/h6-9H,4-5H2,1-3H3,(H2,16,17,19,20). The van der Waals surface area contributed by atoms with Crippen molar-refractivity contribution in [2.75, 3.05) is 19.0 Å². The third kappa shape index (κ3) is 2.82. The fourth-order valence-corrected chi connectivity index (χ4v) is 2.02. The van der Waals surface area contributed by atoms with Gasteiger partial charge in [0.2, 0.25) is 5.88 Å². The number of benzene rings is 1. The van der Waals surface area contributed by atoms with Gasteiger partial charge in [0.15, 0.2) is 0 Å². The van der Waals surface area contributed by atoms with Gasteiger partial charge in [-0.2, -0.15) is 4.98 Å². The van der Waals surface area contributed by atoms with Crippen molar-refractivity contribution in [1.82, 2.24) is 9.97 Å². The molecule has 0 amide bonds. The maximum Gasteiger partial charge on any atom is 0.258 e. The lowest BCUT2D eigenvalue weighted by molar-refractivity contribution is 0.443. The third-order valence-electron chi connectivity index (χ3n) is 3.15. The van der Waals surface area contributed by atoms with Gasteiger partial charge in [-0.15, -0.1) is 0 Å². The number of hydrogen-bond donors (Lipinski definition) is 2. The van der Waals surface area contributed by atoms with E-state index in [1.54, 1.807) is 0 Å². The lowest BCUT2D eigenvalue weighted by Gasteiger charge is -2.12. The summed E-state index contributed by atoms with van der Waals surface area (Å²) in [6.45, 7) is 1.95. The van der Waals surface area contributed by atoms with Crippen LogP contribution in [0.1, 0.15) is 18.9 Å². The fourth-order valence-electron chi connectivity index (χ4n) is 2.02. The summed E-state index contributed by atoms with van der Waals surface area (Å²) in [7, 11) is 3.92. The second-order valence-corrected chi connectivity index (χ2v) is 4.91. The number of H-pyrrole nitrogens is 1. The molecule has 2 N–H and O–H groups in total. The summed E-state index contributed by atoms with van der Waals surface area (Å²) in [6, 6.07) is 7.61. The van der Waals surface area contributed by atoms with Crippen LogP contribution in [0.25, 0.3) is 11.4 Å². The summed E-state index contributed by atoms with van der Waals surface area (Å²) >= 11 is 0. The molecule has 0 saturated heterocycles. The van der Waals surface area contributed by atoms with E-state index in [9.17, 15) is 9.90 Å². The van der Waals surface area contributed by atoms with Crippen molar-refractivity contribution in [2.24, 2.45) is 0 Å². The maximum absolute atomic E-state index is 11.9. The molecule has 20 heavy (non-hydrogen) atoms. The Morgan fingerprint density at radius 3 is 2.40 bits per heavy atom. The molecule has 0 atom stereocenters. The van der Waals surface area contributed by atoms with E-state index in [4.69, 9.17) is 0 Å². The molecule has 0 fully saturated rings. The third-order valence-corrected chi connectivity index (χ3v) is 3.15. The van der Waals surface area contributed by atoms with Gasteiger partial charge in [0, 0.05) is 25.3 Å². The minimum absolute atomic E-state index is 0.178. The molecule has 0 spiro atoms. The highest BCUT2D eigenvalue weighted by Crippen LogP contribution is 2.21. The summed E-state index contributed by atoms with van der Waals surface area (Å²) < 4.78 is 0. The number of hydrogen-bond acceptors (Lipinski definition) is 4. The van der Waals surface area contributed by atoms with Crippen LogP contribution in [0.15, 0.2) is 29.1 Å². The zero-order valence-corrected chi connectivity index (χ0v) is 12.0. The summed E-state index contributed by atoms with van der Waals surface area (Å²) in [4.78, 5) is 20.7. The molecule has 0 aliphatic carbocycles. The van der Waals surface area contributed by atoms with Crippen LogP contribution in [0.4, 0.5) is 5.69 Å². The predicted octanol–water partition coefficient (Wildman–Crippen LogP) is 2.16. The van der Waals surface area contributed by atoms with Gasteiger partial charge in [-0.1, -0.05) is 13.3 Å². The van der Waals surface area contributed by atoms with E-state index in [0.29, 0.717) is 17.8 Å². The Hall–Kier alpha value is -2.30. The molecule has 5 nitrogen and oxygen atoms in total. The Morgan fingerprint density at radius 1 is 1.25 bits per heavy atom. The van der Waals surface area contributed by atoms with Crippen LogP contribution in [0.3, 0.4) is 0 Å². The second-order valence-electron chi connectivity index (χ2n) is 4.91. The van der Waals surface area contributed by atoms with Crippen molar-refractivity contribution in [3.05, 3.63) is 40.2 Å². The molecule has 106 valence electrons. The van der Waals surface area contributed by atoms with Crippen molar-refractivity contribution in [1.29, 1.82) is 0 Å². The van der Waals surface area contributed by atoms with Gasteiger partial charge in [0.25, 0.3) is 5.56 Å². The monoisotopic (exact) mass is 273 g/mol. The molecule has 0 radical (unpaired) electrons. The SMILES string of the molecule is CCCc1c(O)nc(-c2ccc(N(C)C)cc2)[nH]c1=O. The van der Waals surface area contributed by atoms with Crippen molar-refractivity contribution < 1.29 is 5.11 Å². The second kappa shape index (κ2) is 5.77. The van der Waals surface area contributed by atoms with Gasteiger partial charge in [0.05, 0.1) is 5.56 Å².